The summed E-state index contributed by atoms with van der Waals surface area (Å²) in [5, 5.41) is 6.71. The van der Waals surface area contributed by atoms with Gasteiger partial charge in [-0.25, -0.2) is 4.98 Å². The van der Waals surface area contributed by atoms with E-state index >= 15 is 0 Å². The largest absolute Gasteiger partial charge is 0.494 e. The molecule has 5 nitrogen and oxygen atoms in total. The van der Waals surface area contributed by atoms with Crippen LogP contribution >= 0.6 is 0 Å². The molecular weight excluding hydrogens is 348 g/mol. The van der Waals surface area contributed by atoms with Gasteiger partial charge in [-0.1, -0.05) is 42.5 Å². The Morgan fingerprint density at radius 1 is 0.821 bits per heavy atom. The summed E-state index contributed by atoms with van der Waals surface area (Å²) in [4.78, 5) is 7.77. The lowest BCUT2D eigenvalue weighted by Gasteiger charge is -2.09. The molecule has 142 valence electrons. The molecule has 0 radical (unpaired) electrons. The Kier molecular flexibility index (Phi) is 5.73. The average Bonchev–Trinajstić information content (AvgIpc) is 3.16. The van der Waals surface area contributed by atoms with E-state index in [9.17, 15) is 0 Å². The number of para-hydroxylation sites is 3. The van der Waals surface area contributed by atoms with Crippen molar-refractivity contribution in [2.45, 2.75) is 13.0 Å². The van der Waals surface area contributed by atoms with E-state index in [2.05, 4.69) is 44.9 Å². The Hall–Kier alpha value is -3.47. The maximum Gasteiger partial charge on any atom is 0.201 e. The fourth-order valence-electron chi connectivity index (χ4n) is 2.97. The molecule has 0 saturated carbocycles. The minimum absolute atomic E-state index is 0.662. The molecule has 0 bridgehead atoms. The van der Waals surface area contributed by atoms with Gasteiger partial charge in [0.1, 0.15) is 5.75 Å². The van der Waals surface area contributed by atoms with Crippen LogP contribution in [0.15, 0.2) is 78.9 Å². The van der Waals surface area contributed by atoms with Crippen molar-refractivity contribution in [3.8, 4) is 5.75 Å². The molecular formula is C23H24N4O. The second-order valence-electron chi connectivity index (χ2n) is 6.59. The summed E-state index contributed by atoms with van der Waals surface area (Å²) >= 11 is 0. The highest BCUT2D eigenvalue weighted by molar-refractivity contribution is 5.77. The molecule has 0 fully saturated rings. The van der Waals surface area contributed by atoms with E-state index in [-0.39, 0.29) is 0 Å². The van der Waals surface area contributed by atoms with Crippen molar-refractivity contribution in [1.29, 1.82) is 0 Å². The lowest BCUT2D eigenvalue weighted by Crippen LogP contribution is -2.08. The maximum atomic E-state index is 5.83. The van der Waals surface area contributed by atoms with Gasteiger partial charge < -0.3 is 20.4 Å². The molecule has 5 heteroatoms. The number of anilines is 2. The minimum atomic E-state index is 0.662. The van der Waals surface area contributed by atoms with Crippen LogP contribution in [0.5, 0.6) is 5.75 Å². The van der Waals surface area contributed by atoms with E-state index in [0.717, 1.165) is 47.9 Å². The van der Waals surface area contributed by atoms with Gasteiger partial charge in [-0.05, 0) is 48.4 Å². The van der Waals surface area contributed by atoms with Gasteiger partial charge in [-0.15, -0.1) is 0 Å². The summed E-state index contributed by atoms with van der Waals surface area (Å²) in [5.74, 6) is 1.70. The van der Waals surface area contributed by atoms with Crippen LogP contribution < -0.4 is 15.4 Å². The number of nitrogens with one attached hydrogen (secondary N) is 3. The summed E-state index contributed by atoms with van der Waals surface area (Å²) in [5.41, 5.74) is 4.37. The van der Waals surface area contributed by atoms with Crippen LogP contribution in [0.3, 0.4) is 0 Å². The zero-order chi connectivity index (χ0) is 19.0. The van der Waals surface area contributed by atoms with E-state index in [4.69, 9.17) is 4.74 Å². The third kappa shape index (κ3) is 4.82. The molecule has 0 amide bonds. The first-order valence-electron chi connectivity index (χ1n) is 9.56. The Balaban J connectivity index is 1.17. The molecule has 4 rings (SSSR count). The topological polar surface area (TPSA) is 62.0 Å². The first-order valence-corrected chi connectivity index (χ1v) is 9.56. The molecule has 0 saturated heterocycles. The van der Waals surface area contributed by atoms with Crippen LogP contribution in [0, 0.1) is 0 Å². The molecule has 0 aliphatic rings. The van der Waals surface area contributed by atoms with Crippen LogP contribution in [0.1, 0.15) is 12.0 Å². The number of rotatable bonds is 9. The van der Waals surface area contributed by atoms with Crippen LogP contribution in [-0.4, -0.2) is 23.1 Å². The Labute approximate surface area is 164 Å². The van der Waals surface area contributed by atoms with Gasteiger partial charge in [0.15, 0.2) is 0 Å². The Morgan fingerprint density at radius 2 is 1.61 bits per heavy atom. The fraction of sp³-hybridized carbons (Fsp3) is 0.174. The highest BCUT2D eigenvalue weighted by Gasteiger charge is 2.01. The lowest BCUT2D eigenvalue weighted by atomic mass is 10.2. The predicted octanol–water partition coefficient (Wildman–Crippen LogP) is 5.06. The number of aromatic amines is 1. The van der Waals surface area contributed by atoms with Gasteiger partial charge in [0.2, 0.25) is 5.95 Å². The first kappa shape index (κ1) is 17.9. The minimum Gasteiger partial charge on any atom is -0.494 e. The van der Waals surface area contributed by atoms with Crippen LogP contribution in [0.25, 0.3) is 11.0 Å². The molecule has 0 aliphatic carbocycles. The van der Waals surface area contributed by atoms with Gasteiger partial charge in [0, 0.05) is 18.8 Å². The summed E-state index contributed by atoms with van der Waals surface area (Å²) in [6.07, 6.45) is 0.897. The first-order chi connectivity index (χ1) is 13.9. The van der Waals surface area contributed by atoms with Crippen molar-refractivity contribution in [3.05, 3.63) is 84.4 Å². The summed E-state index contributed by atoms with van der Waals surface area (Å²) < 4.78 is 5.83. The number of nitrogens with zero attached hydrogens (tertiary/aromatic N) is 1. The number of fused-ring (bicyclic) bond motifs is 1. The summed E-state index contributed by atoms with van der Waals surface area (Å²) in [6, 6.07) is 26.5. The monoisotopic (exact) mass is 372 g/mol. The second kappa shape index (κ2) is 8.95. The number of H-pyrrole nitrogens is 1. The third-order valence-electron chi connectivity index (χ3n) is 4.47. The van der Waals surface area contributed by atoms with E-state index in [1.807, 2.05) is 54.6 Å². The second-order valence-corrected chi connectivity index (χ2v) is 6.59. The highest BCUT2D eigenvalue weighted by atomic mass is 16.5. The van der Waals surface area contributed by atoms with Gasteiger partial charge >= 0.3 is 0 Å². The standard InChI is InChI=1S/C23H24N4O/c1-2-7-19(8-3-1)25-17-18-11-13-20(14-12-18)28-16-6-15-24-23-26-21-9-4-5-10-22(21)27-23/h1-5,7-14,25H,6,15-17H2,(H2,24,26,27). The SMILES string of the molecule is c1ccc(NCc2ccc(OCCCNc3nc4ccccc4[nH]3)cc2)cc1. The molecule has 28 heavy (non-hydrogen) atoms. The highest BCUT2D eigenvalue weighted by Crippen LogP contribution is 2.15. The fourth-order valence-corrected chi connectivity index (χ4v) is 2.97. The summed E-state index contributed by atoms with van der Waals surface area (Å²) in [7, 11) is 0. The van der Waals surface area contributed by atoms with E-state index < -0.39 is 0 Å². The quantitative estimate of drug-likeness (QED) is 0.360. The number of hydrogen-bond donors (Lipinski definition) is 3. The van der Waals surface area contributed by atoms with Crippen LogP contribution in [0.4, 0.5) is 11.6 Å². The van der Waals surface area contributed by atoms with E-state index in [1.54, 1.807) is 0 Å². The van der Waals surface area contributed by atoms with Crippen LogP contribution in [0.2, 0.25) is 0 Å². The third-order valence-corrected chi connectivity index (χ3v) is 4.47. The lowest BCUT2D eigenvalue weighted by molar-refractivity contribution is 0.315. The van der Waals surface area contributed by atoms with E-state index in [1.165, 1.54) is 5.56 Å². The van der Waals surface area contributed by atoms with E-state index in [0.29, 0.717) is 6.61 Å². The average molecular weight is 372 g/mol. The predicted molar refractivity (Wildman–Crippen MR) is 115 cm³/mol. The smallest absolute Gasteiger partial charge is 0.201 e. The van der Waals surface area contributed by atoms with Gasteiger partial charge in [0.25, 0.3) is 0 Å². The van der Waals surface area contributed by atoms with Crippen molar-refractivity contribution >= 4 is 22.7 Å². The molecule has 0 aliphatic heterocycles. The zero-order valence-electron chi connectivity index (χ0n) is 15.7. The molecule has 1 aromatic heterocycles. The zero-order valence-corrected chi connectivity index (χ0v) is 15.7. The number of aromatic nitrogens is 2. The number of hydrogen-bond acceptors (Lipinski definition) is 4. The molecule has 0 spiro atoms. The van der Waals surface area contributed by atoms with Gasteiger partial charge in [-0.3, -0.25) is 0 Å². The number of imidazole rings is 1. The van der Waals surface area contributed by atoms with Crippen molar-refractivity contribution in [2.75, 3.05) is 23.8 Å². The Morgan fingerprint density at radius 3 is 2.43 bits per heavy atom. The molecule has 1 heterocycles. The molecule has 3 N–H and O–H groups in total. The van der Waals surface area contributed by atoms with Gasteiger partial charge in [-0.2, -0.15) is 0 Å². The van der Waals surface area contributed by atoms with Crippen LogP contribution in [-0.2, 0) is 6.54 Å². The maximum absolute atomic E-state index is 5.83. The summed E-state index contributed by atoms with van der Waals surface area (Å²) in [6.45, 7) is 2.26. The number of ether oxygens (including phenoxy) is 1. The number of benzene rings is 3. The van der Waals surface area contributed by atoms with Gasteiger partial charge in [0.05, 0.1) is 17.6 Å². The molecule has 3 aromatic carbocycles. The Bertz CT molecular complexity index is 963. The van der Waals surface area contributed by atoms with Crippen molar-refractivity contribution < 1.29 is 4.74 Å². The normalized spacial score (nSPS) is 10.7. The van der Waals surface area contributed by atoms with Crippen molar-refractivity contribution in [1.82, 2.24) is 9.97 Å². The molecule has 4 aromatic rings. The molecule has 0 atom stereocenters. The molecule has 0 unspecified atom stereocenters. The van der Waals surface area contributed by atoms with Crippen molar-refractivity contribution in [2.24, 2.45) is 0 Å². The van der Waals surface area contributed by atoms with Crippen molar-refractivity contribution in [3.63, 3.8) is 0 Å².